The fourth-order valence-corrected chi connectivity index (χ4v) is 13.4. The third-order valence-electron chi connectivity index (χ3n) is 18.4. The van der Waals surface area contributed by atoms with Gasteiger partial charge >= 0.3 is 33.6 Å². The number of hydrogen-bond acceptors (Lipinski definition) is 14. The van der Waals surface area contributed by atoms with E-state index in [1.165, 1.54) is 154 Å². The standard InChI is InChI=1S/C91H158O16P2/c1-4-7-10-13-16-19-22-25-28-30-32-34-36-38-40-42-44-46-48-50-52-54-57-59-62-65-68-71-74-77-89(94)101-80-86(92)81-103-108(97,98)104-82-87(93)83-105-109(99,100)106-85-88(107-91(96)79-76-73-70-67-64-61-56-27-24-21-18-15-12-9-6-3)84-102-90(95)78-75-72-69-66-63-60-58-55-53-51-49-47-45-43-41-39-37-35-33-31-29-26-23-20-17-14-11-8-5-2/h7-8,10-11,16-17,19-20,25-26,28-29,32-35,38-41,44,46,86-88,92-93H,4-6,9,12-15,18,21-24,27,30-31,36-37,42-43,45,47-85H2,1-3H3,(H,97,98)(H,99,100)/b10-7-,11-8-,19-16-,20-17-,28-25-,29-26-,34-32-,35-33-,40-38-,41-39-,46-44-. The molecule has 0 aliphatic heterocycles. The molecule has 0 bridgehead atoms. The Labute approximate surface area is 665 Å². The van der Waals surface area contributed by atoms with Crippen LogP contribution in [-0.4, -0.2) is 95.9 Å². The topological polar surface area (TPSA) is 231 Å². The summed E-state index contributed by atoms with van der Waals surface area (Å²) in [6.45, 7) is 2.50. The second kappa shape index (κ2) is 83.1. The predicted molar refractivity (Wildman–Crippen MR) is 454 cm³/mol. The number of ether oxygens (including phenoxy) is 3. The van der Waals surface area contributed by atoms with E-state index in [4.69, 9.17) is 32.3 Å². The molecule has 0 aliphatic rings. The molecule has 0 aliphatic carbocycles. The SMILES string of the molecule is CC/C=C\C/C=C\C/C=C\C/C=C\C/C=C\C/C=C\CCCCCCCCCCCCC(=O)OCC(O)COP(=O)(O)OCC(O)COP(=O)(O)OCC(COC(=O)CCCCCCCCCCCCCCC/C=C\C/C=C\C/C=C\C/C=C\C/C=C\CC)OC(=O)CCCCCCCCCCCCCCCCC. The van der Waals surface area contributed by atoms with E-state index in [0.717, 1.165) is 154 Å². The molecule has 18 heteroatoms. The van der Waals surface area contributed by atoms with Crippen LogP contribution in [0.15, 0.2) is 134 Å². The van der Waals surface area contributed by atoms with E-state index in [2.05, 4.69) is 154 Å². The van der Waals surface area contributed by atoms with Crippen molar-refractivity contribution in [2.24, 2.45) is 0 Å². The first-order valence-electron chi connectivity index (χ1n) is 43.5. The second-order valence-corrected chi connectivity index (χ2v) is 31.8. The van der Waals surface area contributed by atoms with E-state index in [9.17, 15) is 43.5 Å². The molecular formula is C91H158O16P2. The van der Waals surface area contributed by atoms with Crippen LogP contribution in [0.2, 0.25) is 0 Å². The summed E-state index contributed by atoms with van der Waals surface area (Å²) >= 11 is 0. The fourth-order valence-electron chi connectivity index (χ4n) is 11.8. The van der Waals surface area contributed by atoms with Gasteiger partial charge in [-0.3, -0.25) is 32.5 Å². The third kappa shape index (κ3) is 84.4. The molecule has 5 unspecified atom stereocenters. The molecule has 0 rings (SSSR count). The fraction of sp³-hybridized carbons (Fsp3) is 0.725. The molecule has 16 nitrogen and oxygen atoms in total. The normalized spacial score (nSPS) is 14.5. The number of hydrogen-bond donors (Lipinski definition) is 4. The number of rotatable bonds is 82. The molecule has 0 heterocycles. The summed E-state index contributed by atoms with van der Waals surface area (Å²) in [5, 5.41) is 20.7. The first-order valence-corrected chi connectivity index (χ1v) is 46.5. The molecule has 0 saturated heterocycles. The maximum Gasteiger partial charge on any atom is 0.472 e. The lowest BCUT2D eigenvalue weighted by molar-refractivity contribution is -0.161. The number of aliphatic hydroxyl groups excluding tert-OH is 2. The maximum atomic E-state index is 13.0. The molecular weight excluding hydrogens is 1410 g/mol. The van der Waals surface area contributed by atoms with Gasteiger partial charge in [0.25, 0.3) is 0 Å². The molecule has 0 saturated carbocycles. The molecule has 0 amide bonds. The van der Waals surface area contributed by atoms with E-state index >= 15 is 0 Å². The van der Waals surface area contributed by atoms with Gasteiger partial charge in [-0.1, -0.05) is 366 Å². The zero-order chi connectivity index (χ0) is 79.4. The molecule has 0 aromatic heterocycles. The van der Waals surface area contributed by atoms with Gasteiger partial charge < -0.3 is 34.2 Å². The molecule has 0 aromatic carbocycles. The largest absolute Gasteiger partial charge is 0.472 e. The van der Waals surface area contributed by atoms with Crippen LogP contribution < -0.4 is 0 Å². The van der Waals surface area contributed by atoms with Gasteiger partial charge in [-0.05, 0) is 116 Å². The summed E-state index contributed by atoms with van der Waals surface area (Å²) in [7, 11) is -9.79. The highest BCUT2D eigenvalue weighted by molar-refractivity contribution is 7.47. The van der Waals surface area contributed by atoms with Gasteiger partial charge in [0.15, 0.2) is 6.10 Å². The predicted octanol–water partition coefficient (Wildman–Crippen LogP) is 26.2. The van der Waals surface area contributed by atoms with Crippen LogP contribution in [0.5, 0.6) is 0 Å². The molecule has 0 radical (unpaired) electrons. The van der Waals surface area contributed by atoms with Gasteiger partial charge in [0.2, 0.25) is 0 Å². The minimum Gasteiger partial charge on any atom is -0.463 e. The van der Waals surface area contributed by atoms with Crippen molar-refractivity contribution in [2.45, 2.75) is 386 Å². The van der Waals surface area contributed by atoms with E-state index < -0.39 is 91.5 Å². The van der Waals surface area contributed by atoms with Crippen LogP contribution in [0, 0.1) is 0 Å². The zero-order valence-electron chi connectivity index (χ0n) is 68.9. The third-order valence-corrected chi connectivity index (χ3v) is 20.3. The van der Waals surface area contributed by atoms with Gasteiger partial charge in [0, 0.05) is 19.3 Å². The summed E-state index contributed by atoms with van der Waals surface area (Å²) in [6, 6.07) is 0. The van der Waals surface area contributed by atoms with Crippen molar-refractivity contribution in [3.63, 3.8) is 0 Å². The summed E-state index contributed by atoms with van der Waals surface area (Å²) in [6.07, 6.45) is 102. The molecule has 109 heavy (non-hydrogen) atoms. The van der Waals surface area contributed by atoms with Crippen LogP contribution in [0.4, 0.5) is 0 Å². The molecule has 0 spiro atoms. The summed E-state index contributed by atoms with van der Waals surface area (Å²) < 4.78 is 61.3. The first-order chi connectivity index (χ1) is 53.2. The van der Waals surface area contributed by atoms with Crippen molar-refractivity contribution in [3.8, 4) is 0 Å². The van der Waals surface area contributed by atoms with Crippen LogP contribution in [0.3, 0.4) is 0 Å². The average Bonchev–Trinajstić information content (AvgIpc) is 0.903. The Balaban J connectivity index is 4.52. The number of carbonyl (C=O) groups excluding carboxylic acids is 3. The van der Waals surface area contributed by atoms with Crippen molar-refractivity contribution in [1.82, 2.24) is 0 Å². The van der Waals surface area contributed by atoms with Gasteiger partial charge in [-0.25, -0.2) is 9.13 Å². The number of aliphatic hydroxyl groups is 2. The number of phosphoric acid groups is 2. The highest BCUT2D eigenvalue weighted by atomic mass is 31.2. The van der Waals surface area contributed by atoms with E-state index in [0.29, 0.717) is 19.3 Å². The maximum absolute atomic E-state index is 13.0. The summed E-state index contributed by atoms with van der Waals surface area (Å²) in [4.78, 5) is 58.8. The van der Waals surface area contributed by atoms with Gasteiger partial charge in [0.1, 0.15) is 25.4 Å². The van der Waals surface area contributed by atoms with E-state index in [-0.39, 0.29) is 19.3 Å². The highest BCUT2D eigenvalue weighted by Gasteiger charge is 2.29. The number of esters is 3. The lowest BCUT2D eigenvalue weighted by Gasteiger charge is -2.21. The number of unbranched alkanes of at least 4 members (excludes halogenated alkanes) is 37. The monoisotopic (exact) mass is 1570 g/mol. The molecule has 628 valence electrons. The zero-order valence-corrected chi connectivity index (χ0v) is 70.7. The summed E-state index contributed by atoms with van der Waals surface area (Å²) in [5.41, 5.74) is 0. The quantitative estimate of drug-likeness (QED) is 0.0146. The Bertz CT molecular complexity index is 2510. The Morgan fingerprint density at radius 3 is 0.771 bits per heavy atom. The van der Waals surface area contributed by atoms with Crippen LogP contribution in [-0.2, 0) is 55.8 Å². The van der Waals surface area contributed by atoms with Crippen LogP contribution in [0.1, 0.15) is 367 Å². The van der Waals surface area contributed by atoms with Crippen LogP contribution in [0.25, 0.3) is 0 Å². The minimum atomic E-state index is -4.93. The van der Waals surface area contributed by atoms with E-state index in [1.807, 2.05) is 0 Å². The number of allylic oxidation sites excluding steroid dienone is 22. The van der Waals surface area contributed by atoms with Crippen molar-refractivity contribution in [1.29, 1.82) is 0 Å². The number of carbonyl (C=O) groups is 3. The Morgan fingerprint density at radius 1 is 0.266 bits per heavy atom. The van der Waals surface area contributed by atoms with Crippen molar-refractivity contribution < 1.29 is 75.8 Å². The first kappa shape index (κ1) is 105. The lowest BCUT2D eigenvalue weighted by atomic mass is 10.0. The summed E-state index contributed by atoms with van der Waals surface area (Å²) in [5.74, 6) is -1.56. The van der Waals surface area contributed by atoms with Crippen molar-refractivity contribution in [3.05, 3.63) is 134 Å². The van der Waals surface area contributed by atoms with Crippen molar-refractivity contribution >= 4 is 33.6 Å². The van der Waals surface area contributed by atoms with Gasteiger partial charge in [-0.2, -0.15) is 0 Å². The Kier molecular flexibility index (Phi) is 79.8. The van der Waals surface area contributed by atoms with E-state index in [1.54, 1.807) is 0 Å². The van der Waals surface area contributed by atoms with Crippen LogP contribution >= 0.6 is 15.6 Å². The molecule has 0 aromatic rings. The Morgan fingerprint density at radius 2 is 0.486 bits per heavy atom. The smallest absolute Gasteiger partial charge is 0.463 e. The highest BCUT2D eigenvalue weighted by Crippen LogP contribution is 2.45. The molecule has 0 fully saturated rings. The minimum absolute atomic E-state index is 0.107. The van der Waals surface area contributed by atoms with Crippen molar-refractivity contribution in [2.75, 3.05) is 39.6 Å². The Hall–Kier alpha value is -4.31. The molecule has 4 N–H and O–H groups in total. The van der Waals surface area contributed by atoms with Gasteiger partial charge in [0.05, 0.1) is 26.4 Å². The van der Waals surface area contributed by atoms with Gasteiger partial charge in [-0.15, -0.1) is 0 Å². The lowest BCUT2D eigenvalue weighted by Crippen LogP contribution is -2.30. The second-order valence-electron chi connectivity index (χ2n) is 28.9. The average molecular weight is 1570 g/mol. The molecule has 5 atom stereocenters. The number of phosphoric ester groups is 2.